The van der Waals surface area contributed by atoms with Gasteiger partial charge in [-0.25, -0.2) is 9.78 Å². The Hall–Kier alpha value is -5.01. The van der Waals surface area contributed by atoms with E-state index in [0.717, 1.165) is 68.2 Å². The first kappa shape index (κ1) is 37.3. The topological polar surface area (TPSA) is 142 Å². The molecule has 284 valence electrons. The van der Waals surface area contributed by atoms with E-state index in [1.807, 2.05) is 36.1 Å². The Balaban J connectivity index is 0.876. The number of fused-ring (bicyclic) bond motifs is 1. The molecule has 0 unspecified atom stereocenters. The highest BCUT2D eigenvalue weighted by atomic mass is 35.5. The summed E-state index contributed by atoms with van der Waals surface area (Å²) in [4.78, 5) is 60.5. The molecule has 2 N–H and O–H groups in total. The average Bonchev–Trinajstić information content (AvgIpc) is 3.58. The van der Waals surface area contributed by atoms with Gasteiger partial charge in [0, 0.05) is 68.1 Å². The minimum Gasteiger partial charge on any atom is -0.494 e. The Kier molecular flexibility index (Phi) is 11.2. The number of imide groups is 1. The second-order valence-corrected chi connectivity index (χ2v) is 15.3. The van der Waals surface area contributed by atoms with Crippen LogP contribution in [0.5, 0.6) is 5.75 Å². The Morgan fingerprint density at radius 3 is 2.43 bits per heavy atom. The lowest BCUT2D eigenvalue weighted by atomic mass is 9.85. The zero-order valence-corrected chi connectivity index (χ0v) is 31.8. The number of carbonyl (C=O) groups is 4. The molecule has 0 radical (unpaired) electrons. The van der Waals surface area contributed by atoms with Gasteiger partial charge in [-0.05, 0) is 101 Å². The number of carbonyl (C=O) groups excluding carboxylic acids is 4. The molecule has 5 amide bonds. The van der Waals surface area contributed by atoms with Gasteiger partial charge in [-0.2, -0.15) is 5.10 Å². The number of halogens is 1. The predicted octanol–water partition coefficient (Wildman–Crippen LogP) is 6.32. The fourth-order valence-electron chi connectivity index (χ4n) is 8.08. The van der Waals surface area contributed by atoms with Crippen molar-refractivity contribution in [3.63, 3.8) is 0 Å². The lowest BCUT2D eigenvalue weighted by molar-refractivity contribution is -0.120. The van der Waals surface area contributed by atoms with Crippen LogP contribution in [0.2, 0.25) is 5.02 Å². The maximum absolute atomic E-state index is 13.5. The highest BCUT2D eigenvalue weighted by Crippen LogP contribution is 2.36. The summed E-state index contributed by atoms with van der Waals surface area (Å²) < 4.78 is 7.70. The first-order chi connectivity index (χ1) is 26.0. The molecule has 4 heterocycles. The minimum atomic E-state index is -0.528. The zero-order chi connectivity index (χ0) is 37.9. The number of hydrogen-bond acceptors (Lipinski definition) is 8. The summed E-state index contributed by atoms with van der Waals surface area (Å²) in [5.74, 6) is 1.01. The van der Waals surface area contributed by atoms with Crippen molar-refractivity contribution in [1.29, 1.82) is 0 Å². The number of benzene rings is 2. The quantitative estimate of drug-likeness (QED) is 0.192. The second-order valence-electron chi connectivity index (χ2n) is 14.9. The van der Waals surface area contributed by atoms with Crippen LogP contribution in [0.15, 0.2) is 54.7 Å². The van der Waals surface area contributed by atoms with Crippen molar-refractivity contribution in [1.82, 2.24) is 29.9 Å². The highest BCUT2D eigenvalue weighted by molar-refractivity contribution is 6.34. The van der Waals surface area contributed by atoms with Crippen LogP contribution in [0, 0.1) is 18.8 Å². The minimum absolute atomic E-state index is 0.0722. The van der Waals surface area contributed by atoms with Crippen molar-refractivity contribution in [3.8, 4) is 5.75 Å². The lowest BCUT2D eigenvalue weighted by Gasteiger charge is -2.36. The number of hydrogen-bond donors (Lipinski definition) is 2. The molecular formula is C40H47ClN8O5. The number of ether oxygens (including phenoxy) is 1. The Morgan fingerprint density at radius 2 is 1.72 bits per heavy atom. The van der Waals surface area contributed by atoms with Crippen molar-refractivity contribution in [2.75, 3.05) is 57.1 Å². The molecule has 3 aliphatic rings. The van der Waals surface area contributed by atoms with Gasteiger partial charge in [0.25, 0.3) is 11.8 Å². The number of pyridine rings is 1. The van der Waals surface area contributed by atoms with Gasteiger partial charge >= 0.3 is 6.03 Å². The van der Waals surface area contributed by atoms with E-state index in [1.165, 1.54) is 4.90 Å². The molecular weight excluding hydrogens is 708 g/mol. The molecule has 0 spiro atoms. The third-order valence-corrected chi connectivity index (χ3v) is 11.3. The summed E-state index contributed by atoms with van der Waals surface area (Å²) in [6.07, 6.45) is 8.50. The third-order valence-electron chi connectivity index (χ3n) is 11.0. The average molecular weight is 755 g/mol. The van der Waals surface area contributed by atoms with E-state index in [4.69, 9.17) is 21.4 Å². The number of rotatable bonds is 10. The number of urea groups is 1. The highest BCUT2D eigenvalue weighted by Gasteiger charge is 2.30. The molecule has 13 nitrogen and oxygen atoms in total. The van der Waals surface area contributed by atoms with Crippen LogP contribution in [-0.2, 0) is 4.79 Å². The molecule has 3 fully saturated rings. The molecule has 7 rings (SSSR count). The number of methoxy groups -OCH3 is 1. The summed E-state index contributed by atoms with van der Waals surface area (Å²) in [7, 11) is 3.80. The number of anilines is 2. The van der Waals surface area contributed by atoms with E-state index in [1.54, 1.807) is 31.4 Å². The summed E-state index contributed by atoms with van der Waals surface area (Å²) in [5.41, 5.74) is 3.46. The SMILES string of the molecule is COc1cc2nn(C3CCC(CN(C)CC4CCN(C(=O)c5ccc(Cl)c(N6CCC(=O)NC6=O)c5)CC4)CC3)cc2cc1NC(=O)c1cccc(C)n1. The number of piperidine rings is 1. The molecule has 4 aromatic rings. The van der Waals surface area contributed by atoms with Crippen LogP contribution in [0.4, 0.5) is 16.2 Å². The van der Waals surface area contributed by atoms with Crippen LogP contribution < -0.4 is 20.3 Å². The van der Waals surface area contributed by atoms with E-state index in [2.05, 4.69) is 38.4 Å². The standard InChI is InChI=1S/C40H47ClN8O5/c1-25-5-4-6-32(42-25)38(51)43-34-19-29-24-49(45-33(29)21-36(34)54-3)30-10-7-26(8-11-30)22-46(2)23-27-13-16-47(17-14-27)39(52)28-9-12-31(41)35(20-28)48-18-15-37(50)44-40(48)53/h4-6,9,12,19-21,24,26-27,30H,7-8,10-11,13-18,22-23H2,1-3H3,(H,43,51)(H,44,50,53). The Labute approximate surface area is 320 Å². The van der Waals surface area contributed by atoms with Crippen molar-refractivity contribution in [2.24, 2.45) is 11.8 Å². The number of nitrogens with zero attached hydrogens (tertiary/aromatic N) is 6. The van der Waals surface area contributed by atoms with E-state index < -0.39 is 6.03 Å². The molecule has 0 bridgehead atoms. The maximum Gasteiger partial charge on any atom is 0.328 e. The molecule has 0 atom stereocenters. The first-order valence-electron chi connectivity index (χ1n) is 18.7. The fraction of sp³-hybridized carbons (Fsp3) is 0.450. The molecule has 14 heteroatoms. The number of aryl methyl sites for hydroxylation is 1. The van der Waals surface area contributed by atoms with Crippen LogP contribution in [0.1, 0.15) is 77.5 Å². The normalized spacial score (nSPS) is 19.6. The molecule has 1 aliphatic carbocycles. The lowest BCUT2D eigenvalue weighted by Crippen LogP contribution is -2.49. The largest absolute Gasteiger partial charge is 0.494 e. The molecule has 2 aliphatic heterocycles. The van der Waals surface area contributed by atoms with Gasteiger partial charge in [0.2, 0.25) is 5.91 Å². The maximum atomic E-state index is 13.5. The third kappa shape index (κ3) is 8.37. The van der Waals surface area contributed by atoms with Crippen LogP contribution in [0.3, 0.4) is 0 Å². The van der Waals surface area contributed by atoms with E-state index in [-0.39, 0.29) is 30.7 Å². The summed E-state index contributed by atoms with van der Waals surface area (Å²) in [6.45, 7) is 5.49. The summed E-state index contributed by atoms with van der Waals surface area (Å²) >= 11 is 6.40. The number of amides is 5. The van der Waals surface area contributed by atoms with Gasteiger partial charge in [-0.15, -0.1) is 0 Å². The van der Waals surface area contributed by atoms with Crippen molar-refractivity contribution < 1.29 is 23.9 Å². The molecule has 1 saturated carbocycles. The van der Waals surface area contributed by atoms with Crippen LogP contribution in [-0.4, -0.2) is 95.2 Å². The summed E-state index contributed by atoms with van der Waals surface area (Å²) in [5, 5.41) is 11.5. The summed E-state index contributed by atoms with van der Waals surface area (Å²) in [6, 6.07) is 14.0. The van der Waals surface area contributed by atoms with E-state index in [0.29, 0.717) is 64.4 Å². The Bertz CT molecular complexity index is 2050. The van der Waals surface area contributed by atoms with Crippen molar-refractivity contribution >= 4 is 57.6 Å². The zero-order valence-electron chi connectivity index (χ0n) is 31.0. The molecule has 2 aromatic carbocycles. The van der Waals surface area contributed by atoms with Crippen molar-refractivity contribution in [2.45, 2.75) is 57.9 Å². The number of likely N-dealkylation sites (tertiary alicyclic amines) is 1. The van der Waals surface area contributed by atoms with Gasteiger partial charge in [-0.1, -0.05) is 17.7 Å². The predicted molar refractivity (Wildman–Crippen MR) is 207 cm³/mol. The Morgan fingerprint density at radius 1 is 0.981 bits per heavy atom. The smallest absolute Gasteiger partial charge is 0.328 e. The molecule has 2 aromatic heterocycles. The van der Waals surface area contributed by atoms with E-state index in [9.17, 15) is 19.2 Å². The van der Waals surface area contributed by atoms with Gasteiger partial charge in [0.05, 0.1) is 35.1 Å². The second kappa shape index (κ2) is 16.2. The van der Waals surface area contributed by atoms with Gasteiger partial charge in [0.15, 0.2) is 0 Å². The van der Waals surface area contributed by atoms with Gasteiger partial charge in [-0.3, -0.25) is 29.3 Å². The molecule has 54 heavy (non-hydrogen) atoms. The van der Waals surface area contributed by atoms with E-state index >= 15 is 0 Å². The number of nitrogens with one attached hydrogen (secondary N) is 2. The van der Waals surface area contributed by atoms with Crippen LogP contribution >= 0.6 is 11.6 Å². The van der Waals surface area contributed by atoms with Crippen molar-refractivity contribution in [3.05, 3.63) is 76.7 Å². The van der Waals surface area contributed by atoms with Crippen LogP contribution in [0.25, 0.3) is 10.9 Å². The van der Waals surface area contributed by atoms with Gasteiger partial charge < -0.3 is 19.9 Å². The first-order valence-corrected chi connectivity index (χ1v) is 19.1. The number of aromatic nitrogens is 3. The fourth-order valence-corrected chi connectivity index (χ4v) is 8.30. The monoisotopic (exact) mass is 754 g/mol. The van der Waals surface area contributed by atoms with Gasteiger partial charge in [0.1, 0.15) is 11.4 Å². The molecule has 2 saturated heterocycles.